The maximum atomic E-state index is 13.8. The van der Waals surface area contributed by atoms with Crippen molar-refractivity contribution in [2.24, 2.45) is 0 Å². The van der Waals surface area contributed by atoms with Gasteiger partial charge in [0.15, 0.2) is 0 Å². The Hall–Kier alpha value is -1.26. The average molecular weight is 309 g/mol. The minimum absolute atomic E-state index is 0.215. The lowest BCUT2D eigenvalue weighted by atomic mass is 10.0. The third kappa shape index (κ3) is 5.21. The van der Waals surface area contributed by atoms with Crippen LogP contribution in [0.1, 0.15) is 30.2 Å². The summed E-state index contributed by atoms with van der Waals surface area (Å²) in [6, 6.07) is 8.23. The van der Waals surface area contributed by atoms with E-state index in [1.54, 1.807) is 17.4 Å². The summed E-state index contributed by atoms with van der Waals surface area (Å²) in [6.45, 7) is 3.03. The van der Waals surface area contributed by atoms with E-state index < -0.39 is 11.6 Å². The van der Waals surface area contributed by atoms with Crippen molar-refractivity contribution in [3.05, 3.63) is 57.8 Å². The molecule has 0 aliphatic heterocycles. The quantitative estimate of drug-likeness (QED) is 0.753. The van der Waals surface area contributed by atoms with E-state index in [2.05, 4.69) is 23.7 Å². The zero-order chi connectivity index (χ0) is 15.1. The highest BCUT2D eigenvalue weighted by molar-refractivity contribution is 7.09. The largest absolute Gasteiger partial charge is 0.314 e. The van der Waals surface area contributed by atoms with Crippen LogP contribution in [0.25, 0.3) is 0 Å². The number of aryl methyl sites for hydroxylation is 1. The summed E-state index contributed by atoms with van der Waals surface area (Å²) in [7, 11) is 0. The number of thiophene rings is 1. The fourth-order valence-corrected chi connectivity index (χ4v) is 3.07. The van der Waals surface area contributed by atoms with Crippen LogP contribution in [-0.2, 0) is 12.8 Å². The Morgan fingerprint density at radius 1 is 1.24 bits per heavy atom. The topological polar surface area (TPSA) is 12.0 Å². The lowest BCUT2D eigenvalue weighted by Crippen LogP contribution is -2.32. The van der Waals surface area contributed by atoms with Gasteiger partial charge in [-0.1, -0.05) is 19.1 Å². The second-order valence-electron chi connectivity index (χ2n) is 5.21. The molecule has 2 aromatic rings. The first-order valence-electron chi connectivity index (χ1n) is 7.38. The molecule has 1 nitrogen and oxygen atoms in total. The van der Waals surface area contributed by atoms with Crippen LogP contribution < -0.4 is 5.32 Å². The van der Waals surface area contributed by atoms with Gasteiger partial charge in [-0.3, -0.25) is 0 Å². The van der Waals surface area contributed by atoms with Gasteiger partial charge in [-0.15, -0.1) is 11.3 Å². The number of rotatable bonds is 8. The second-order valence-corrected chi connectivity index (χ2v) is 6.24. The Morgan fingerprint density at radius 3 is 2.76 bits per heavy atom. The zero-order valence-corrected chi connectivity index (χ0v) is 13.1. The second kappa shape index (κ2) is 8.25. The van der Waals surface area contributed by atoms with Crippen LogP contribution in [0.15, 0.2) is 35.7 Å². The van der Waals surface area contributed by atoms with Crippen molar-refractivity contribution in [1.82, 2.24) is 5.32 Å². The fraction of sp³-hybridized carbons (Fsp3) is 0.412. The monoisotopic (exact) mass is 309 g/mol. The Balaban J connectivity index is 1.97. The molecule has 114 valence electrons. The molecule has 1 aromatic heterocycles. The predicted molar refractivity (Wildman–Crippen MR) is 84.8 cm³/mol. The van der Waals surface area contributed by atoms with Gasteiger partial charge in [0.1, 0.15) is 11.6 Å². The van der Waals surface area contributed by atoms with Crippen LogP contribution >= 0.6 is 11.3 Å². The first kappa shape index (κ1) is 16.1. The van der Waals surface area contributed by atoms with Crippen LogP contribution in [0.4, 0.5) is 8.78 Å². The summed E-state index contributed by atoms with van der Waals surface area (Å²) in [5.41, 5.74) is 0.580. The molecule has 0 spiro atoms. The van der Waals surface area contributed by atoms with Crippen LogP contribution in [-0.4, -0.2) is 12.6 Å². The minimum Gasteiger partial charge on any atom is -0.314 e. The molecule has 1 unspecified atom stereocenters. The maximum Gasteiger partial charge on any atom is 0.129 e. The van der Waals surface area contributed by atoms with Gasteiger partial charge in [-0.2, -0.15) is 0 Å². The van der Waals surface area contributed by atoms with E-state index in [-0.39, 0.29) is 6.04 Å². The lowest BCUT2D eigenvalue weighted by Gasteiger charge is -2.18. The standard InChI is InChI=1S/C17H21F2NS/c1-2-9-20-15(7-8-16-4-3-10-21-16)11-13-5-6-14(18)12-17(13)19/h3-6,10,12,15,20H,2,7-9,11H2,1H3. The van der Waals surface area contributed by atoms with Crippen molar-refractivity contribution in [2.45, 2.75) is 38.6 Å². The SMILES string of the molecule is CCCNC(CCc1cccs1)Cc1ccc(F)cc1F. The smallest absolute Gasteiger partial charge is 0.129 e. The van der Waals surface area contributed by atoms with Gasteiger partial charge in [0.25, 0.3) is 0 Å². The van der Waals surface area contributed by atoms with Gasteiger partial charge in [0, 0.05) is 17.0 Å². The van der Waals surface area contributed by atoms with Crippen LogP contribution in [0, 0.1) is 11.6 Å². The molecular formula is C17H21F2NS. The van der Waals surface area contributed by atoms with Crippen LogP contribution in [0.3, 0.4) is 0 Å². The molecule has 0 saturated carbocycles. The number of hydrogen-bond donors (Lipinski definition) is 1. The molecule has 1 N–H and O–H groups in total. The van der Waals surface area contributed by atoms with Crippen LogP contribution in [0.2, 0.25) is 0 Å². The summed E-state index contributed by atoms with van der Waals surface area (Å²) >= 11 is 1.75. The highest BCUT2D eigenvalue weighted by atomic mass is 32.1. The van der Waals surface area contributed by atoms with E-state index in [0.717, 1.165) is 31.9 Å². The van der Waals surface area contributed by atoms with Gasteiger partial charge in [-0.05, 0) is 55.3 Å². The molecule has 1 atom stereocenters. The molecule has 0 radical (unpaired) electrons. The first-order chi connectivity index (χ1) is 10.2. The van der Waals surface area contributed by atoms with E-state index in [4.69, 9.17) is 0 Å². The molecule has 0 aliphatic carbocycles. The van der Waals surface area contributed by atoms with E-state index >= 15 is 0 Å². The third-order valence-electron chi connectivity index (χ3n) is 3.48. The van der Waals surface area contributed by atoms with Crippen molar-refractivity contribution >= 4 is 11.3 Å². The summed E-state index contributed by atoms with van der Waals surface area (Å²) in [4.78, 5) is 1.35. The van der Waals surface area contributed by atoms with Crippen molar-refractivity contribution in [3.8, 4) is 0 Å². The number of nitrogens with one attached hydrogen (secondary N) is 1. The Labute approximate surface area is 129 Å². The zero-order valence-electron chi connectivity index (χ0n) is 12.2. The highest BCUT2D eigenvalue weighted by Gasteiger charge is 2.13. The van der Waals surface area contributed by atoms with E-state index in [9.17, 15) is 8.78 Å². The highest BCUT2D eigenvalue weighted by Crippen LogP contribution is 2.16. The predicted octanol–water partition coefficient (Wildman–Crippen LogP) is 4.57. The summed E-state index contributed by atoms with van der Waals surface area (Å²) < 4.78 is 26.7. The molecule has 1 aromatic carbocycles. The number of hydrogen-bond acceptors (Lipinski definition) is 2. The molecule has 2 rings (SSSR count). The number of benzene rings is 1. The van der Waals surface area contributed by atoms with Gasteiger partial charge in [-0.25, -0.2) is 8.78 Å². The van der Waals surface area contributed by atoms with Gasteiger partial charge < -0.3 is 5.32 Å². The van der Waals surface area contributed by atoms with Crippen molar-refractivity contribution in [3.63, 3.8) is 0 Å². The fourth-order valence-electron chi connectivity index (χ4n) is 2.35. The summed E-state index contributed by atoms with van der Waals surface area (Å²) in [6.07, 6.45) is 3.58. The normalized spacial score (nSPS) is 12.5. The Bertz CT molecular complexity index is 540. The Morgan fingerprint density at radius 2 is 2.10 bits per heavy atom. The summed E-state index contributed by atoms with van der Waals surface area (Å²) in [5, 5.41) is 5.54. The Kier molecular flexibility index (Phi) is 6.33. The van der Waals surface area contributed by atoms with Crippen molar-refractivity contribution in [1.29, 1.82) is 0 Å². The third-order valence-corrected chi connectivity index (χ3v) is 4.42. The molecular weight excluding hydrogens is 288 g/mol. The molecule has 0 fully saturated rings. The summed E-state index contributed by atoms with van der Waals surface area (Å²) in [5.74, 6) is -0.970. The van der Waals surface area contributed by atoms with Crippen LogP contribution in [0.5, 0.6) is 0 Å². The van der Waals surface area contributed by atoms with E-state index in [1.165, 1.54) is 10.9 Å². The molecule has 21 heavy (non-hydrogen) atoms. The first-order valence-corrected chi connectivity index (χ1v) is 8.26. The molecule has 1 heterocycles. The minimum atomic E-state index is -0.520. The number of halogens is 2. The maximum absolute atomic E-state index is 13.8. The molecule has 0 amide bonds. The lowest BCUT2D eigenvalue weighted by molar-refractivity contribution is 0.467. The van der Waals surface area contributed by atoms with Gasteiger partial charge >= 0.3 is 0 Å². The molecule has 0 bridgehead atoms. The van der Waals surface area contributed by atoms with E-state index in [0.29, 0.717) is 12.0 Å². The molecule has 4 heteroatoms. The molecule has 0 aliphatic rings. The van der Waals surface area contributed by atoms with Crippen molar-refractivity contribution < 1.29 is 8.78 Å². The van der Waals surface area contributed by atoms with Crippen molar-refractivity contribution in [2.75, 3.05) is 6.54 Å². The van der Waals surface area contributed by atoms with Gasteiger partial charge in [0.2, 0.25) is 0 Å². The average Bonchev–Trinajstić information content (AvgIpc) is 2.97. The van der Waals surface area contributed by atoms with E-state index in [1.807, 2.05) is 6.07 Å². The van der Waals surface area contributed by atoms with Gasteiger partial charge in [0.05, 0.1) is 0 Å². The molecule has 0 saturated heterocycles.